The van der Waals surface area contributed by atoms with E-state index >= 15 is 0 Å². The van der Waals surface area contributed by atoms with Gasteiger partial charge in [0.2, 0.25) is 5.91 Å². The molecule has 30 heavy (non-hydrogen) atoms. The average molecular weight is 409 g/mol. The average Bonchev–Trinajstić information content (AvgIpc) is 3.11. The first-order valence-electron chi connectivity index (χ1n) is 9.40. The number of aryl methyl sites for hydroxylation is 1. The standard InChI is InChI=1S/C23H18F3N3O/c24-23(25,26)17-9-11-18(12-10-17)27-21(30)14-13-19-22(16-6-2-1-3-7-16)28-20-8-4-5-15-29(19)20/h1-12,15H,13-14H2,(H,27,30). The zero-order valence-electron chi connectivity index (χ0n) is 15.9. The Bertz CT molecular complexity index is 1170. The molecule has 0 saturated heterocycles. The Kier molecular flexibility index (Phi) is 5.27. The Morgan fingerprint density at radius 3 is 2.33 bits per heavy atom. The van der Waals surface area contributed by atoms with Crippen molar-refractivity contribution in [1.82, 2.24) is 9.38 Å². The number of aromatic nitrogens is 2. The number of nitrogens with zero attached hydrogens (tertiary/aromatic N) is 2. The molecule has 4 nitrogen and oxygen atoms in total. The third-order valence-corrected chi connectivity index (χ3v) is 4.76. The van der Waals surface area contributed by atoms with Gasteiger partial charge < -0.3 is 9.72 Å². The minimum Gasteiger partial charge on any atom is -0.326 e. The van der Waals surface area contributed by atoms with Gasteiger partial charge in [0.05, 0.1) is 17.0 Å². The highest BCUT2D eigenvalue weighted by atomic mass is 19.4. The molecule has 0 radical (unpaired) electrons. The molecule has 0 fully saturated rings. The maximum atomic E-state index is 12.7. The van der Waals surface area contributed by atoms with Crippen molar-refractivity contribution >= 4 is 17.2 Å². The van der Waals surface area contributed by atoms with Gasteiger partial charge in [0.25, 0.3) is 0 Å². The third kappa shape index (κ3) is 4.20. The topological polar surface area (TPSA) is 46.4 Å². The van der Waals surface area contributed by atoms with E-state index in [9.17, 15) is 18.0 Å². The normalized spacial score (nSPS) is 11.6. The highest BCUT2D eigenvalue weighted by Crippen LogP contribution is 2.30. The zero-order chi connectivity index (χ0) is 21.1. The Morgan fingerprint density at radius 1 is 0.933 bits per heavy atom. The maximum Gasteiger partial charge on any atom is 0.416 e. The van der Waals surface area contributed by atoms with Crippen molar-refractivity contribution < 1.29 is 18.0 Å². The van der Waals surface area contributed by atoms with Gasteiger partial charge in [-0.15, -0.1) is 0 Å². The van der Waals surface area contributed by atoms with Crippen LogP contribution in [0.15, 0.2) is 79.0 Å². The first-order valence-corrected chi connectivity index (χ1v) is 9.40. The number of carbonyl (C=O) groups is 1. The van der Waals surface area contributed by atoms with Crippen molar-refractivity contribution in [3.63, 3.8) is 0 Å². The second-order valence-electron chi connectivity index (χ2n) is 6.83. The summed E-state index contributed by atoms with van der Waals surface area (Å²) in [5.74, 6) is -0.278. The molecular formula is C23H18F3N3O. The lowest BCUT2D eigenvalue weighted by atomic mass is 10.1. The Hall–Kier alpha value is -3.61. The number of hydrogen-bond donors (Lipinski definition) is 1. The van der Waals surface area contributed by atoms with Crippen LogP contribution in [-0.4, -0.2) is 15.3 Å². The minimum atomic E-state index is -4.40. The van der Waals surface area contributed by atoms with Gasteiger partial charge >= 0.3 is 6.18 Å². The van der Waals surface area contributed by atoms with Crippen LogP contribution in [0.2, 0.25) is 0 Å². The van der Waals surface area contributed by atoms with Crippen LogP contribution in [-0.2, 0) is 17.4 Å². The highest BCUT2D eigenvalue weighted by molar-refractivity contribution is 5.91. The van der Waals surface area contributed by atoms with E-state index in [1.165, 1.54) is 12.1 Å². The summed E-state index contributed by atoms with van der Waals surface area (Å²) in [6, 6.07) is 19.8. The van der Waals surface area contributed by atoms with Gasteiger partial charge in [-0.2, -0.15) is 13.2 Å². The van der Waals surface area contributed by atoms with Crippen molar-refractivity contribution in [3.8, 4) is 11.3 Å². The van der Waals surface area contributed by atoms with E-state index in [0.717, 1.165) is 34.7 Å². The van der Waals surface area contributed by atoms with Crippen LogP contribution in [0.4, 0.5) is 18.9 Å². The number of anilines is 1. The Labute approximate surface area is 171 Å². The molecule has 7 heteroatoms. The fourth-order valence-electron chi connectivity index (χ4n) is 3.31. The number of carbonyl (C=O) groups excluding carboxylic acids is 1. The molecule has 0 unspecified atom stereocenters. The van der Waals surface area contributed by atoms with E-state index in [-0.39, 0.29) is 12.3 Å². The molecule has 2 aromatic heterocycles. The molecule has 0 saturated carbocycles. The number of rotatable bonds is 5. The van der Waals surface area contributed by atoms with Crippen molar-refractivity contribution in [2.45, 2.75) is 19.0 Å². The summed E-state index contributed by atoms with van der Waals surface area (Å²) in [7, 11) is 0. The predicted molar refractivity (Wildman–Crippen MR) is 109 cm³/mol. The minimum absolute atomic E-state index is 0.170. The monoisotopic (exact) mass is 409 g/mol. The molecule has 0 spiro atoms. The van der Waals surface area contributed by atoms with Gasteiger partial charge in [0, 0.05) is 23.9 Å². The number of nitrogens with one attached hydrogen (secondary N) is 1. The van der Waals surface area contributed by atoms with E-state index in [4.69, 9.17) is 4.98 Å². The zero-order valence-corrected chi connectivity index (χ0v) is 15.9. The fourth-order valence-corrected chi connectivity index (χ4v) is 3.31. The van der Waals surface area contributed by atoms with Gasteiger partial charge in [0.15, 0.2) is 0 Å². The van der Waals surface area contributed by atoms with Crippen LogP contribution in [0.25, 0.3) is 16.9 Å². The van der Waals surface area contributed by atoms with Crippen molar-refractivity contribution in [2.75, 3.05) is 5.32 Å². The Balaban J connectivity index is 1.51. The lowest BCUT2D eigenvalue weighted by molar-refractivity contribution is -0.137. The molecule has 4 rings (SSSR count). The second-order valence-corrected chi connectivity index (χ2v) is 6.83. The number of imidazole rings is 1. The molecular weight excluding hydrogens is 391 g/mol. The molecule has 152 valence electrons. The lowest BCUT2D eigenvalue weighted by Crippen LogP contribution is -2.13. The van der Waals surface area contributed by atoms with Crippen molar-refractivity contribution in [1.29, 1.82) is 0 Å². The smallest absolute Gasteiger partial charge is 0.326 e. The molecule has 0 bridgehead atoms. The Morgan fingerprint density at radius 2 is 1.63 bits per heavy atom. The predicted octanol–water partition coefficient (Wildman–Crippen LogP) is 5.59. The van der Waals surface area contributed by atoms with Gasteiger partial charge in [0.1, 0.15) is 5.65 Å². The summed E-state index contributed by atoms with van der Waals surface area (Å²) < 4.78 is 40.0. The molecule has 0 atom stereocenters. The third-order valence-electron chi connectivity index (χ3n) is 4.76. The maximum absolute atomic E-state index is 12.7. The first kappa shape index (κ1) is 19.7. The fraction of sp³-hybridized carbons (Fsp3) is 0.130. The van der Waals surface area contributed by atoms with Gasteiger partial charge in [-0.1, -0.05) is 36.4 Å². The molecule has 4 aromatic rings. The quantitative estimate of drug-likeness (QED) is 0.467. The molecule has 0 aliphatic heterocycles. The summed E-state index contributed by atoms with van der Waals surface area (Å²) in [5.41, 5.74) is 3.03. The van der Waals surface area contributed by atoms with E-state index in [0.29, 0.717) is 12.1 Å². The van der Waals surface area contributed by atoms with Crippen LogP contribution in [0.5, 0.6) is 0 Å². The van der Waals surface area contributed by atoms with Crippen LogP contribution in [0.1, 0.15) is 17.7 Å². The molecule has 1 N–H and O–H groups in total. The van der Waals surface area contributed by atoms with Gasteiger partial charge in [-0.05, 0) is 42.8 Å². The number of halogens is 3. The van der Waals surface area contributed by atoms with Crippen molar-refractivity contribution in [2.24, 2.45) is 0 Å². The van der Waals surface area contributed by atoms with Crippen LogP contribution < -0.4 is 5.32 Å². The second kappa shape index (κ2) is 8.02. The number of pyridine rings is 1. The SMILES string of the molecule is O=C(CCc1c(-c2ccccc2)nc2ccccn12)Nc1ccc(C(F)(F)F)cc1. The summed E-state index contributed by atoms with van der Waals surface area (Å²) in [6.07, 6.45) is -1.90. The number of hydrogen-bond acceptors (Lipinski definition) is 2. The summed E-state index contributed by atoms with van der Waals surface area (Å²) in [6.45, 7) is 0. The molecule has 2 heterocycles. The van der Waals surface area contributed by atoms with E-state index in [2.05, 4.69) is 5.32 Å². The molecule has 1 amide bonds. The van der Waals surface area contributed by atoms with E-state index < -0.39 is 11.7 Å². The molecule has 0 aliphatic rings. The molecule has 0 aliphatic carbocycles. The largest absolute Gasteiger partial charge is 0.416 e. The number of amides is 1. The van der Waals surface area contributed by atoms with E-state index in [1.807, 2.05) is 59.1 Å². The number of fused-ring (bicyclic) bond motifs is 1. The van der Waals surface area contributed by atoms with Gasteiger partial charge in [-0.3, -0.25) is 4.79 Å². The van der Waals surface area contributed by atoms with Crippen LogP contribution >= 0.6 is 0 Å². The van der Waals surface area contributed by atoms with Crippen LogP contribution in [0, 0.1) is 0 Å². The number of benzene rings is 2. The summed E-state index contributed by atoms with van der Waals surface area (Å²) >= 11 is 0. The van der Waals surface area contributed by atoms with Gasteiger partial charge in [-0.25, -0.2) is 4.98 Å². The summed E-state index contributed by atoms with van der Waals surface area (Å²) in [5, 5.41) is 2.65. The first-order chi connectivity index (χ1) is 14.4. The van der Waals surface area contributed by atoms with Crippen molar-refractivity contribution in [3.05, 3.63) is 90.3 Å². The highest BCUT2D eigenvalue weighted by Gasteiger charge is 2.30. The van der Waals surface area contributed by atoms with E-state index in [1.54, 1.807) is 0 Å². The molecule has 2 aromatic carbocycles. The van der Waals surface area contributed by atoms with Crippen LogP contribution in [0.3, 0.4) is 0 Å². The lowest BCUT2D eigenvalue weighted by Gasteiger charge is -2.09. The number of alkyl halides is 3. The summed E-state index contributed by atoms with van der Waals surface area (Å²) in [4.78, 5) is 17.1.